The summed E-state index contributed by atoms with van der Waals surface area (Å²) in [5, 5.41) is 18.0. The summed E-state index contributed by atoms with van der Waals surface area (Å²) in [6.07, 6.45) is -0.289. The van der Waals surface area contributed by atoms with Gasteiger partial charge in [0.1, 0.15) is 6.54 Å². The Bertz CT molecular complexity index is 174. The number of hydrogen-bond acceptors (Lipinski definition) is 2. The van der Waals surface area contributed by atoms with E-state index in [2.05, 4.69) is 15.9 Å². The number of rotatable bonds is 4. The standard InChI is InChI=1S/C7H14BrNO3/c1-9(2,3)5-7(8,12)4-6(10)11/h12H,4-5H2,1-3H3/p+1. The lowest BCUT2D eigenvalue weighted by atomic mass is 10.2. The number of quaternary nitrogens is 1. The van der Waals surface area contributed by atoms with Crippen LogP contribution >= 0.6 is 15.9 Å². The summed E-state index contributed by atoms with van der Waals surface area (Å²) in [6.45, 7) is 0.347. The third-order valence-electron chi connectivity index (χ3n) is 1.14. The lowest BCUT2D eigenvalue weighted by Gasteiger charge is -2.30. The largest absolute Gasteiger partial charge is 0.481 e. The summed E-state index contributed by atoms with van der Waals surface area (Å²) in [4.78, 5) is 10.3. The molecule has 0 aliphatic rings. The van der Waals surface area contributed by atoms with Gasteiger partial charge in [0.25, 0.3) is 0 Å². The predicted octanol–water partition coefficient (Wildman–Crippen LogP) is 0.251. The van der Waals surface area contributed by atoms with E-state index in [-0.39, 0.29) is 6.42 Å². The van der Waals surface area contributed by atoms with Gasteiger partial charge in [0, 0.05) is 0 Å². The van der Waals surface area contributed by atoms with Gasteiger partial charge in [0.05, 0.1) is 27.6 Å². The zero-order valence-corrected chi connectivity index (χ0v) is 9.13. The molecule has 0 aromatic rings. The fourth-order valence-corrected chi connectivity index (χ4v) is 2.01. The van der Waals surface area contributed by atoms with Gasteiger partial charge in [-0.05, 0) is 15.9 Å². The quantitative estimate of drug-likeness (QED) is 0.548. The van der Waals surface area contributed by atoms with Crippen LogP contribution in [-0.4, -0.2) is 52.9 Å². The highest BCUT2D eigenvalue weighted by molar-refractivity contribution is 9.10. The number of aliphatic carboxylic acids is 1. The molecule has 0 aliphatic heterocycles. The molecule has 1 atom stereocenters. The molecule has 2 N–H and O–H groups in total. The molecule has 0 bridgehead atoms. The van der Waals surface area contributed by atoms with Crippen molar-refractivity contribution in [2.75, 3.05) is 27.7 Å². The second kappa shape index (κ2) is 3.72. The highest BCUT2D eigenvalue weighted by Crippen LogP contribution is 2.21. The molecule has 0 rings (SSSR count). The van der Waals surface area contributed by atoms with Gasteiger partial charge in [-0.3, -0.25) is 4.79 Å². The topological polar surface area (TPSA) is 57.5 Å². The Balaban J connectivity index is 4.13. The zero-order chi connectivity index (χ0) is 9.99. The molecular weight excluding hydrogens is 226 g/mol. The van der Waals surface area contributed by atoms with Crippen molar-refractivity contribution in [1.82, 2.24) is 0 Å². The van der Waals surface area contributed by atoms with E-state index in [0.717, 1.165) is 0 Å². The third kappa shape index (κ3) is 6.57. The molecule has 0 spiro atoms. The van der Waals surface area contributed by atoms with Crippen LogP contribution in [0, 0.1) is 0 Å². The fraction of sp³-hybridized carbons (Fsp3) is 0.857. The van der Waals surface area contributed by atoms with E-state index in [1.54, 1.807) is 0 Å². The van der Waals surface area contributed by atoms with E-state index in [1.807, 2.05) is 21.1 Å². The number of carbonyl (C=O) groups is 1. The average molecular weight is 241 g/mol. The van der Waals surface area contributed by atoms with Crippen molar-refractivity contribution in [3.05, 3.63) is 0 Å². The second-order valence-corrected chi connectivity index (χ2v) is 5.41. The molecule has 72 valence electrons. The van der Waals surface area contributed by atoms with Gasteiger partial charge in [0.15, 0.2) is 4.51 Å². The van der Waals surface area contributed by atoms with Crippen LogP contribution in [0.1, 0.15) is 6.42 Å². The van der Waals surface area contributed by atoms with Crippen molar-refractivity contribution in [2.45, 2.75) is 10.9 Å². The Morgan fingerprint density at radius 3 is 2.17 bits per heavy atom. The van der Waals surface area contributed by atoms with Gasteiger partial charge in [0.2, 0.25) is 0 Å². The molecule has 0 radical (unpaired) electrons. The van der Waals surface area contributed by atoms with E-state index in [9.17, 15) is 9.90 Å². The van der Waals surface area contributed by atoms with Crippen molar-refractivity contribution >= 4 is 21.9 Å². The Morgan fingerprint density at radius 1 is 1.50 bits per heavy atom. The molecule has 0 aromatic heterocycles. The monoisotopic (exact) mass is 240 g/mol. The van der Waals surface area contributed by atoms with E-state index < -0.39 is 10.5 Å². The zero-order valence-electron chi connectivity index (χ0n) is 7.54. The van der Waals surface area contributed by atoms with E-state index in [0.29, 0.717) is 11.0 Å². The number of halogens is 1. The molecule has 5 heteroatoms. The summed E-state index contributed by atoms with van der Waals surface area (Å²) in [6, 6.07) is 0. The molecule has 0 fully saturated rings. The van der Waals surface area contributed by atoms with Gasteiger partial charge >= 0.3 is 5.97 Å². The molecule has 0 saturated carbocycles. The van der Waals surface area contributed by atoms with Gasteiger partial charge in [-0.2, -0.15) is 0 Å². The van der Waals surface area contributed by atoms with Crippen LogP contribution in [0.2, 0.25) is 0 Å². The lowest BCUT2D eigenvalue weighted by Crippen LogP contribution is -2.46. The molecule has 0 amide bonds. The minimum atomic E-state index is -1.31. The summed E-state index contributed by atoms with van der Waals surface area (Å²) < 4.78 is -0.799. The first-order valence-electron chi connectivity index (χ1n) is 3.56. The van der Waals surface area contributed by atoms with Crippen LogP contribution in [0.25, 0.3) is 0 Å². The normalized spacial score (nSPS) is 17.1. The van der Waals surface area contributed by atoms with Gasteiger partial charge in [-0.25, -0.2) is 0 Å². The van der Waals surface area contributed by atoms with Gasteiger partial charge in [-0.15, -0.1) is 0 Å². The van der Waals surface area contributed by atoms with Crippen LogP contribution in [0.15, 0.2) is 0 Å². The van der Waals surface area contributed by atoms with Gasteiger partial charge < -0.3 is 14.7 Å². The molecule has 1 unspecified atom stereocenters. The first kappa shape index (κ1) is 11.9. The smallest absolute Gasteiger partial charge is 0.307 e. The molecular formula is C7H15BrNO3+. The van der Waals surface area contributed by atoms with Crippen LogP contribution < -0.4 is 0 Å². The maximum Gasteiger partial charge on any atom is 0.307 e. The lowest BCUT2D eigenvalue weighted by molar-refractivity contribution is -0.874. The molecule has 0 aliphatic carbocycles. The Hall–Kier alpha value is -0.130. The van der Waals surface area contributed by atoms with Crippen molar-refractivity contribution in [2.24, 2.45) is 0 Å². The molecule has 12 heavy (non-hydrogen) atoms. The Kier molecular flexibility index (Phi) is 3.68. The number of carboxylic acids is 1. The number of nitrogens with zero attached hydrogens (tertiary/aromatic N) is 1. The van der Waals surface area contributed by atoms with Crippen molar-refractivity contribution < 1.29 is 19.5 Å². The highest BCUT2D eigenvalue weighted by Gasteiger charge is 2.32. The van der Waals surface area contributed by atoms with E-state index >= 15 is 0 Å². The number of carboxylic acid groups (broad SMARTS) is 1. The fourth-order valence-electron chi connectivity index (χ4n) is 1.01. The maximum atomic E-state index is 10.3. The van der Waals surface area contributed by atoms with E-state index in [1.165, 1.54) is 0 Å². The number of hydrogen-bond donors (Lipinski definition) is 2. The molecule has 0 aromatic carbocycles. The molecule has 0 heterocycles. The van der Waals surface area contributed by atoms with Crippen molar-refractivity contribution in [3.8, 4) is 0 Å². The highest BCUT2D eigenvalue weighted by atomic mass is 79.9. The Morgan fingerprint density at radius 2 is 1.92 bits per heavy atom. The molecule has 4 nitrogen and oxygen atoms in total. The second-order valence-electron chi connectivity index (χ2n) is 3.94. The summed E-state index contributed by atoms with van der Waals surface area (Å²) in [5.41, 5.74) is 0. The third-order valence-corrected chi connectivity index (χ3v) is 1.67. The van der Waals surface area contributed by atoms with Crippen LogP contribution in [0.5, 0.6) is 0 Å². The first-order valence-corrected chi connectivity index (χ1v) is 4.35. The number of alkyl halides is 1. The SMILES string of the molecule is C[N+](C)(C)CC(O)(Br)CC(=O)O. The minimum absolute atomic E-state index is 0.289. The first-order chi connectivity index (χ1) is 5.12. The number of likely N-dealkylation sites (N-methyl/N-ethyl adjacent to an activating group) is 1. The van der Waals surface area contributed by atoms with Crippen molar-refractivity contribution in [1.29, 1.82) is 0 Å². The maximum absolute atomic E-state index is 10.3. The summed E-state index contributed by atoms with van der Waals surface area (Å²) >= 11 is 2.98. The van der Waals surface area contributed by atoms with Crippen LogP contribution in [-0.2, 0) is 4.79 Å². The summed E-state index contributed by atoms with van der Waals surface area (Å²) in [5.74, 6) is -1.01. The van der Waals surface area contributed by atoms with Crippen molar-refractivity contribution in [3.63, 3.8) is 0 Å². The summed E-state index contributed by atoms with van der Waals surface area (Å²) in [7, 11) is 5.65. The average Bonchev–Trinajstić information content (AvgIpc) is 1.48. The molecule has 0 saturated heterocycles. The van der Waals surface area contributed by atoms with Crippen LogP contribution in [0.4, 0.5) is 0 Å². The minimum Gasteiger partial charge on any atom is -0.481 e. The van der Waals surface area contributed by atoms with Crippen LogP contribution in [0.3, 0.4) is 0 Å². The predicted molar refractivity (Wildman–Crippen MR) is 49.0 cm³/mol. The Labute approximate surface area is 80.5 Å². The van der Waals surface area contributed by atoms with E-state index in [4.69, 9.17) is 5.11 Å². The number of aliphatic hydroxyl groups is 1. The van der Waals surface area contributed by atoms with Gasteiger partial charge in [-0.1, -0.05) is 0 Å².